The Kier molecular flexibility index (Phi) is 10.3. The van der Waals surface area contributed by atoms with Gasteiger partial charge in [-0.2, -0.15) is 0 Å². The van der Waals surface area contributed by atoms with E-state index in [-0.39, 0.29) is 0 Å². The van der Waals surface area contributed by atoms with Gasteiger partial charge in [-0.25, -0.2) is 0 Å². The molecule has 0 saturated carbocycles. The van der Waals surface area contributed by atoms with Gasteiger partial charge in [0.25, 0.3) is 0 Å². The zero-order valence-electron chi connectivity index (χ0n) is 10.6. The van der Waals surface area contributed by atoms with Crippen LogP contribution in [0.4, 0.5) is 0 Å². The van der Waals surface area contributed by atoms with Gasteiger partial charge >= 0.3 is 0 Å². The molecule has 4 nitrogen and oxygen atoms in total. The molecule has 0 bridgehead atoms. The minimum atomic E-state index is 0.779. The van der Waals surface area contributed by atoms with Crippen LogP contribution in [0.25, 0.3) is 0 Å². The Hall–Kier alpha value is -0.160. The molecule has 0 aliphatic carbocycles. The van der Waals surface area contributed by atoms with Gasteiger partial charge in [-0.1, -0.05) is 13.8 Å². The standard InChI is InChI=1S/C6H16N2.C5H12N2/c1-3-8(4-2)6-5-7;1-7-4-2-6-3-5-7/h3-7H2,1-2H3;6H,2-5H2,1H3. The van der Waals surface area contributed by atoms with Crippen LogP contribution in [0.5, 0.6) is 0 Å². The van der Waals surface area contributed by atoms with E-state index in [0.29, 0.717) is 0 Å². The molecule has 0 spiro atoms. The number of rotatable bonds is 4. The summed E-state index contributed by atoms with van der Waals surface area (Å²) in [6.07, 6.45) is 0. The molecule has 0 unspecified atom stereocenters. The number of likely N-dealkylation sites (N-methyl/N-ethyl adjacent to an activating group) is 2. The summed E-state index contributed by atoms with van der Waals surface area (Å²) >= 11 is 0. The highest BCUT2D eigenvalue weighted by atomic mass is 15.2. The lowest BCUT2D eigenvalue weighted by molar-refractivity contribution is 0.291. The number of nitrogens with zero attached hydrogens (tertiary/aromatic N) is 2. The molecule has 0 aromatic heterocycles. The van der Waals surface area contributed by atoms with E-state index in [1.807, 2.05) is 0 Å². The second kappa shape index (κ2) is 10.4. The molecule has 0 aromatic carbocycles. The number of nitrogens with two attached hydrogens (primary N) is 1. The summed E-state index contributed by atoms with van der Waals surface area (Å²) in [5.74, 6) is 0. The van der Waals surface area contributed by atoms with Gasteiger partial charge in [0.1, 0.15) is 0 Å². The minimum absolute atomic E-state index is 0.779. The zero-order valence-corrected chi connectivity index (χ0v) is 10.6. The van der Waals surface area contributed by atoms with Crippen LogP contribution in [0.15, 0.2) is 0 Å². The molecule has 0 atom stereocenters. The third-order valence-corrected chi connectivity index (χ3v) is 2.68. The Bertz CT molecular complexity index is 120. The maximum absolute atomic E-state index is 5.34. The smallest absolute Gasteiger partial charge is 0.0104 e. The number of hydrogen-bond donors (Lipinski definition) is 2. The lowest BCUT2D eigenvalue weighted by atomic mass is 10.4. The van der Waals surface area contributed by atoms with Crippen molar-refractivity contribution in [1.29, 1.82) is 0 Å². The number of hydrogen-bond acceptors (Lipinski definition) is 4. The number of piperazine rings is 1. The first-order valence-corrected chi connectivity index (χ1v) is 6.06. The quantitative estimate of drug-likeness (QED) is 0.684. The highest BCUT2D eigenvalue weighted by molar-refractivity contribution is 4.62. The van der Waals surface area contributed by atoms with Gasteiger partial charge in [0.2, 0.25) is 0 Å². The number of nitrogens with one attached hydrogen (secondary N) is 1. The largest absolute Gasteiger partial charge is 0.329 e. The average Bonchev–Trinajstić information content (AvgIpc) is 2.28. The van der Waals surface area contributed by atoms with E-state index in [1.54, 1.807) is 0 Å². The SMILES string of the molecule is CCN(CC)CCN.CN1CCNCC1. The summed E-state index contributed by atoms with van der Waals surface area (Å²) in [4.78, 5) is 4.64. The molecule has 15 heavy (non-hydrogen) atoms. The van der Waals surface area contributed by atoms with E-state index in [1.165, 1.54) is 13.1 Å². The lowest BCUT2D eigenvalue weighted by Gasteiger charge is -2.21. The van der Waals surface area contributed by atoms with Gasteiger partial charge in [0.05, 0.1) is 0 Å². The fourth-order valence-corrected chi connectivity index (χ4v) is 1.50. The van der Waals surface area contributed by atoms with Gasteiger partial charge < -0.3 is 20.9 Å². The van der Waals surface area contributed by atoms with Gasteiger partial charge in [0.15, 0.2) is 0 Å². The molecule has 0 aromatic rings. The van der Waals surface area contributed by atoms with E-state index in [0.717, 1.165) is 39.3 Å². The molecule has 0 radical (unpaired) electrons. The molecule has 4 heteroatoms. The van der Waals surface area contributed by atoms with E-state index >= 15 is 0 Å². The second-order valence-corrected chi connectivity index (χ2v) is 3.87. The van der Waals surface area contributed by atoms with Crippen LogP contribution in [0, 0.1) is 0 Å². The van der Waals surface area contributed by atoms with Gasteiger partial charge in [-0.3, -0.25) is 0 Å². The maximum Gasteiger partial charge on any atom is 0.0104 e. The summed E-state index contributed by atoms with van der Waals surface area (Å²) in [7, 11) is 2.15. The van der Waals surface area contributed by atoms with Crippen LogP contribution in [-0.4, -0.2) is 69.2 Å². The fraction of sp³-hybridized carbons (Fsp3) is 1.00. The normalized spacial score (nSPS) is 17.4. The van der Waals surface area contributed by atoms with E-state index < -0.39 is 0 Å². The van der Waals surface area contributed by atoms with Crippen LogP contribution < -0.4 is 11.1 Å². The molecule has 1 saturated heterocycles. The summed E-state index contributed by atoms with van der Waals surface area (Å²) in [5, 5.41) is 3.27. The minimum Gasteiger partial charge on any atom is -0.329 e. The first-order valence-electron chi connectivity index (χ1n) is 6.06. The van der Waals surface area contributed by atoms with Gasteiger partial charge in [-0.05, 0) is 20.1 Å². The van der Waals surface area contributed by atoms with Gasteiger partial charge in [0, 0.05) is 39.3 Å². The van der Waals surface area contributed by atoms with Crippen LogP contribution in [0.1, 0.15) is 13.8 Å². The third-order valence-electron chi connectivity index (χ3n) is 2.68. The maximum atomic E-state index is 5.34. The highest BCUT2D eigenvalue weighted by Gasteiger charge is 2.01. The van der Waals surface area contributed by atoms with Crippen molar-refractivity contribution >= 4 is 0 Å². The molecule has 1 rings (SSSR count). The zero-order chi connectivity index (χ0) is 11.5. The van der Waals surface area contributed by atoms with Crippen LogP contribution >= 0.6 is 0 Å². The predicted octanol–water partition coefficient (Wildman–Crippen LogP) is -0.192. The average molecular weight is 216 g/mol. The lowest BCUT2D eigenvalue weighted by Crippen LogP contribution is -2.40. The van der Waals surface area contributed by atoms with E-state index in [9.17, 15) is 0 Å². The Morgan fingerprint density at radius 1 is 1.20 bits per heavy atom. The Morgan fingerprint density at radius 2 is 1.73 bits per heavy atom. The third kappa shape index (κ3) is 8.81. The topological polar surface area (TPSA) is 44.5 Å². The Balaban J connectivity index is 0.000000262. The fourth-order valence-electron chi connectivity index (χ4n) is 1.50. The molecule has 1 fully saturated rings. The van der Waals surface area contributed by atoms with Crippen molar-refractivity contribution in [3.05, 3.63) is 0 Å². The van der Waals surface area contributed by atoms with E-state index in [2.05, 4.69) is 36.0 Å². The van der Waals surface area contributed by atoms with Crippen molar-refractivity contribution in [2.24, 2.45) is 5.73 Å². The first-order chi connectivity index (χ1) is 7.24. The molecule has 92 valence electrons. The molecule has 0 amide bonds. The van der Waals surface area contributed by atoms with Crippen molar-refractivity contribution in [2.45, 2.75) is 13.8 Å². The molecular weight excluding hydrogens is 188 g/mol. The van der Waals surface area contributed by atoms with Crippen molar-refractivity contribution in [2.75, 3.05) is 59.4 Å². The Labute approximate surface area is 94.8 Å². The summed E-state index contributed by atoms with van der Waals surface area (Å²) < 4.78 is 0. The highest BCUT2D eigenvalue weighted by Crippen LogP contribution is 1.83. The predicted molar refractivity (Wildman–Crippen MR) is 67.2 cm³/mol. The molecule has 3 N–H and O–H groups in total. The monoisotopic (exact) mass is 216 g/mol. The molecule has 1 aliphatic heterocycles. The van der Waals surface area contributed by atoms with Crippen molar-refractivity contribution < 1.29 is 0 Å². The molecular formula is C11H28N4. The molecule has 1 heterocycles. The first kappa shape index (κ1) is 14.8. The van der Waals surface area contributed by atoms with Crippen molar-refractivity contribution in [3.63, 3.8) is 0 Å². The molecule has 1 aliphatic rings. The Morgan fingerprint density at radius 3 is 1.93 bits per heavy atom. The van der Waals surface area contributed by atoms with Crippen LogP contribution in [0.3, 0.4) is 0 Å². The van der Waals surface area contributed by atoms with Crippen LogP contribution in [-0.2, 0) is 0 Å². The van der Waals surface area contributed by atoms with Crippen molar-refractivity contribution in [1.82, 2.24) is 15.1 Å². The van der Waals surface area contributed by atoms with Crippen molar-refractivity contribution in [3.8, 4) is 0 Å². The second-order valence-electron chi connectivity index (χ2n) is 3.87. The summed E-state index contributed by atoms with van der Waals surface area (Å²) in [6, 6.07) is 0. The van der Waals surface area contributed by atoms with Crippen LogP contribution in [0.2, 0.25) is 0 Å². The van der Waals surface area contributed by atoms with E-state index in [4.69, 9.17) is 5.73 Å². The summed E-state index contributed by atoms with van der Waals surface area (Å²) in [6.45, 7) is 13.1. The van der Waals surface area contributed by atoms with Gasteiger partial charge in [-0.15, -0.1) is 0 Å². The summed E-state index contributed by atoms with van der Waals surface area (Å²) in [5.41, 5.74) is 5.34.